The molecule has 1 amide bonds. The fourth-order valence-electron chi connectivity index (χ4n) is 4.60. The molecule has 4 rings (SSSR count). The van der Waals surface area contributed by atoms with E-state index < -0.39 is 17.5 Å². The maximum atomic E-state index is 13.7. The van der Waals surface area contributed by atoms with Crippen molar-refractivity contribution in [3.8, 4) is 0 Å². The van der Waals surface area contributed by atoms with Crippen molar-refractivity contribution in [1.82, 2.24) is 4.90 Å². The summed E-state index contributed by atoms with van der Waals surface area (Å²) in [4.78, 5) is 37.2. The van der Waals surface area contributed by atoms with Gasteiger partial charge in [0.15, 0.2) is 5.60 Å². The fraction of sp³-hybridized carbons (Fsp3) is 0.370. The molecule has 1 saturated heterocycles. The van der Waals surface area contributed by atoms with Crippen molar-refractivity contribution >= 4 is 23.5 Å². The van der Waals surface area contributed by atoms with E-state index in [0.717, 1.165) is 36.4 Å². The van der Waals surface area contributed by atoms with Gasteiger partial charge in [0.25, 0.3) is 5.91 Å². The Kier molecular flexibility index (Phi) is 10.8. The lowest BCUT2D eigenvalue weighted by Gasteiger charge is -2.31. The lowest BCUT2D eigenvalue weighted by Crippen LogP contribution is -2.46. The summed E-state index contributed by atoms with van der Waals surface area (Å²) in [5, 5.41) is 15.6. The molecule has 1 unspecified atom stereocenters. The summed E-state index contributed by atoms with van der Waals surface area (Å²) in [6.45, 7) is 6.33. The van der Waals surface area contributed by atoms with Gasteiger partial charge in [-0.05, 0) is 44.5 Å². The zero-order chi connectivity index (χ0) is 25.3. The highest BCUT2D eigenvalue weighted by Gasteiger charge is 2.53. The van der Waals surface area contributed by atoms with Crippen molar-refractivity contribution in [2.24, 2.45) is 0 Å². The van der Waals surface area contributed by atoms with Gasteiger partial charge in [-0.2, -0.15) is 0 Å². The number of carboxylic acid groups (broad SMARTS) is 2. The Bertz CT molecular complexity index is 1040. The van der Waals surface area contributed by atoms with Crippen LogP contribution in [0.3, 0.4) is 0 Å². The first-order valence-corrected chi connectivity index (χ1v) is 11.9. The van der Waals surface area contributed by atoms with Crippen LogP contribution in [0.1, 0.15) is 37.3 Å². The van der Waals surface area contributed by atoms with E-state index in [4.69, 9.17) is 14.9 Å². The summed E-state index contributed by atoms with van der Waals surface area (Å²) in [6.07, 6.45) is 4.96. The van der Waals surface area contributed by atoms with Gasteiger partial charge in [0.2, 0.25) is 0 Å². The first kappa shape index (κ1) is 28.7. The third-order valence-electron chi connectivity index (χ3n) is 6.12. The molecule has 2 aliphatic rings. The Labute approximate surface area is 210 Å². The molecule has 0 aromatic heterocycles. The minimum Gasteiger partial charge on any atom is -0.478 e. The summed E-state index contributed by atoms with van der Waals surface area (Å²) < 4.78 is 6.23. The lowest BCUT2D eigenvalue weighted by molar-refractivity contribution is -0.137. The number of hydrogen-bond donors (Lipinski definition) is 2. The summed E-state index contributed by atoms with van der Waals surface area (Å²) in [5.41, 5.74) is 1.82. The first-order valence-electron chi connectivity index (χ1n) is 11.9. The fourth-order valence-corrected chi connectivity index (χ4v) is 4.60. The van der Waals surface area contributed by atoms with E-state index in [-0.39, 0.29) is 11.4 Å². The number of hydrogen-bond acceptors (Lipinski definition) is 5. The average Bonchev–Trinajstić information content (AvgIpc) is 3.11. The highest BCUT2D eigenvalue weighted by molar-refractivity contribution is 6.09. The lowest BCUT2D eigenvalue weighted by atomic mass is 9.87. The number of amides is 1. The molecular formula is C27H34N2O7. The molecule has 9 nitrogen and oxygen atoms in total. The van der Waals surface area contributed by atoms with E-state index in [2.05, 4.69) is 4.90 Å². The molecular weight excluding hydrogens is 464 g/mol. The molecule has 0 saturated carbocycles. The smallest absolute Gasteiger partial charge is 0.328 e. The summed E-state index contributed by atoms with van der Waals surface area (Å²) in [5.74, 6) is -2.48. The Morgan fingerprint density at radius 2 is 1.50 bits per heavy atom. The van der Waals surface area contributed by atoms with Crippen LogP contribution in [0.15, 0.2) is 66.7 Å². The van der Waals surface area contributed by atoms with Gasteiger partial charge >= 0.3 is 11.9 Å². The van der Waals surface area contributed by atoms with Crippen molar-refractivity contribution in [3.63, 3.8) is 0 Å². The highest BCUT2D eigenvalue weighted by atomic mass is 16.5. The Morgan fingerprint density at radius 3 is 2.08 bits per heavy atom. The third kappa shape index (κ3) is 6.57. The summed E-state index contributed by atoms with van der Waals surface area (Å²) in [6, 6.07) is 18.0. The standard InChI is InChI=1S/C23H28N2O2.C4H4O4.H2O/c1-2-27-23(19-11-5-3-6-12-19)20-13-7-8-14-21(20)25(22(23)26)18-17-24-15-9-4-10-16-24;5-3(6)1-2-4(7)8;/h3,5-8,11-14H,2,4,9-10,15-18H2,1H3;1-2H,(H,5,6)(H,7,8);1H2/b;2-1+;. The molecule has 4 N–H and O–H groups in total. The number of benzene rings is 2. The monoisotopic (exact) mass is 498 g/mol. The number of aliphatic carboxylic acids is 2. The normalized spacial score (nSPS) is 19.2. The predicted molar refractivity (Wildman–Crippen MR) is 136 cm³/mol. The maximum absolute atomic E-state index is 13.7. The van der Waals surface area contributed by atoms with Gasteiger partial charge in [0.05, 0.1) is 5.69 Å². The third-order valence-corrected chi connectivity index (χ3v) is 6.12. The number of anilines is 1. The van der Waals surface area contributed by atoms with E-state index >= 15 is 0 Å². The van der Waals surface area contributed by atoms with Crippen molar-refractivity contribution in [3.05, 3.63) is 77.9 Å². The maximum Gasteiger partial charge on any atom is 0.328 e. The second kappa shape index (κ2) is 13.5. The van der Waals surface area contributed by atoms with Crippen LogP contribution in [-0.4, -0.2) is 71.2 Å². The van der Waals surface area contributed by atoms with E-state index in [9.17, 15) is 14.4 Å². The number of piperidine rings is 1. The second-order valence-corrected chi connectivity index (χ2v) is 8.37. The number of rotatable bonds is 8. The predicted octanol–water partition coefficient (Wildman–Crippen LogP) is 2.69. The van der Waals surface area contributed by atoms with E-state index in [1.165, 1.54) is 19.3 Å². The number of nitrogens with zero attached hydrogens (tertiary/aromatic N) is 2. The van der Waals surface area contributed by atoms with Crippen LogP contribution in [-0.2, 0) is 24.7 Å². The average molecular weight is 499 g/mol. The molecule has 1 atom stereocenters. The molecule has 9 heteroatoms. The molecule has 0 aliphatic carbocycles. The molecule has 2 aliphatic heterocycles. The van der Waals surface area contributed by atoms with Crippen molar-refractivity contribution in [2.45, 2.75) is 31.8 Å². The number of carboxylic acids is 2. The number of carbonyl (C=O) groups is 3. The summed E-state index contributed by atoms with van der Waals surface area (Å²) >= 11 is 0. The van der Waals surface area contributed by atoms with Gasteiger partial charge < -0.3 is 30.2 Å². The van der Waals surface area contributed by atoms with Gasteiger partial charge in [0.1, 0.15) is 0 Å². The van der Waals surface area contributed by atoms with Crippen LogP contribution in [0.4, 0.5) is 5.69 Å². The van der Waals surface area contributed by atoms with Gasteiger partial charge in [-0.1, -0.05) is 55.0 Å². The number of fused-ring (bicyclic) bond motifs is 1. The molecule has 2 aromatic rings. The number of carbonyl (C=O) groups excluding carboxylic acids is 1. The minimum absolute atomic E-state index is 0. The van der Waals surface area contributed by atoms with Crippen molar-refractivity contribution < 1.29 is 34.8 Å². The molecule has 0 spiro atoms. The van der Waals surface area contributed by atoms with Crippen LogP contribution in [0, 0.1) is 0 Å². The molecule has 2 aromatic carbocycles. The largest absolute Gasteiger partial charge is 0.478 e. The van der Waals surface area contributed by atoms with Crippen LogP contribution >= 0.6 is 0 Å². The zero-order valence-corrected chi connectivity index (χ0v) is 20.4. The van der Waals surface area contributed by atoms with Crippen molar-refractivity contribution in [2.75, 3.05) is 37.7 Å². The molecule has 194 valence electrons. The van der Waals surface area contributed by atoms with Crippen LogP contribution in [0.5, 0.6) is 0 Å². The van der Waals surface area contributed by atoms with Gasteiger partial charge in [0, 0.05) is 37.4 Å². The van der Waals surface area contributed by atoms with Crippen LogP contribution in [0.2, 0.25) is 0 Å². The van der Waals surface area contributed by atoms with E-state index in [1.807, 2.05) is 66.4 Å². The minimum atomic E-state index is -1.26. The SMILES string of the molecule is CCOC1(c2ccccc2)C(=O)N(CCN2CCCCC2)c2ccccc21.O.O=C(O)/C=C/C(=O)O. The zero-order valence-electron chi connectivity index (χ0n) is 20.4. The quantitative estimate of drug-likeness (QED) is 0.534. The van der Waals surface area contributed by atoms with Crippen LogP contribution < -0.4 is 4.90 Å². The van der Waals surface area contributed by atoms with Gasteiger partial charge in [-0.15, -0.1) is 0 Å². The van der Waals surface area contributed by atoms with Gasteiger partial charge in [-0.25, -0.2) is 9.59 Å². The highest BCUT2D eigenvalue weighted by Crippen LogP contribution is 2.46. The van der Waals surface area contributed by atoms with Crippen LogP contribution in [0.25, 0.3) is 0 Å². The van der Waals surface area contributed by atoms with E-state index in [1.54, 1.807) is 0 Å². The summed E-state index contributed by atoms with van der Waals surface area (Å²) in [7, 11) is 0. The molecule has 36 heavy (non-hydrogen) atoms. The van der Waals surface area contributed by atoms with Crippen molar-refractivity contribution in [1.29, 1.82) is 0 Å². The molecule has 0 bridgehead atoms. The molecule has 2 heterocycles. The Hall–Kier alpha value is -3.53. The first-order chi connectivity index (χ1) is 16.9. The van der Waals surface area contributed by atoms with Gasteiger partial charge in [-0.3, -0.25) is 4.79 Å². The Balaban J connectivity index is 0.000000442. The van der Waals surface area contributed by atoms with E-state index in [0.29, 0.717) is 25.3 Å². The number of ether oxygens (including phenoxy) is 1. The number of likely N-dealkylation sites (tertiary alicyclic amines) is 1. The number of para-hydroxylation sites is 1. The molecule has 0 radical (unpaired) electrons. The Morgan fingerprint density at radius 1 is 0.917 bits per heavy atom. The second-order valence-electron chi connectivity index (χ2n) is 8.37. The molecule has 1 fully saturated rings. The topological polar surface area (TPSA) is 139 Å².